The molecular weight excluding hydrogens is 510 g/mol. The Morgan fingerprint density at radius 3 is 2.57 bits per heavy atom. The Hall–Kier alpha value is -2.59. The van der Waals surface area contributed by atoms with Gasteiger partial charge in [-0.1, -0.05) is 25.6 Å². The molecule has 0 unspecified atom stereocenters. The average Bonchev–Trinajstić information content (AvgIpc) is 3.39. The summed E-state index contributed by atoms with van der Waals surface area (Å²) in [6.07, 6.45) is 3.72. The van der Waals surface area contributed by atoms with E-state index in [1.807, 2.05) is 13.8 Å². The van der Waals surface area contributed by atoms with Gasteiger partial charge in [0.1, 0.15) is 17.3 Å². The number of aryl methyl sites for hydroxylation is 1. The van der Waals surface area contributed by atoms with Gasteiger partial charge in [0.2, 0.25) is 10.0 Å². The van der Waals surface area contributed by atoms with Crippen LogP contribution in [-0.2, 0) is 20.6 Å². The summed E-state index contributed by atoms with van der Waals surface area (Å²) in [5.74, 6) is 1.87. The van der Waals surface area contributed by atoms with Crippen molar-refractivity contribution < 1.29 is 22.7 Å². The van der Waals surface area contributed by atoms with Crippen molar-refractivity contribution in [3.63, 3.8) is 0 Å². The Morgan fingerprint density at radius 1 is 1.19 bits per heavy atom. The zero-order valence-electron chi connectivity index (χ0n) is 22.1. The Morgan fingerprint density at radius 2 is 1.95 bits per heavy atom. The van der Waals surface area contributed by atoms with Gasteiger partial charge in [0.25, 0.3) is 0 Å². The molecule has 0 aliphatic heterocycles. The predicted molar refractivity (Wildman–Crippen MR) is 144 cm³/mol. The number of carbonyl (C=O) groups excluding carboxylic acids is 1. The second-order valence-corrected chi connectivity index (χ2v) is 13.5. The summed E-state index contributed by atoms with van der Waals surface area (Å²) in [6.45, 7) is 7.99. The smallest absolute Gasteiger partial charge is 0.242 e. The molecule has 2 atom stereocenters. The number of ketones is 1. The number of nitrogens with zero attached hydrogens (tertiary/aromatic N) is 3. The third kappa shape index (κ3) is 3.94. The van der Waals surface area contributed by atoms with Crippen LogP contribution in [0.2, 0.25) is 0 Å². The van der Waals surface area contributed by atoms with Gasteiger partial charge in [0.05, 0.1) is 42.1 Å². The van der Waals surface area contributed by atoms with Crippen LogP contribution in [0.3, 0.4) is 0 Å². The Labute approximate surface area is 222 Å². The van der Waals surface area contributed by atoms with Crippen LogP contribution in [-0.4, -0.2) is 48.1 Å². The summed E-state index contributed by atoms with van der Waals surface area (Å²) in [5, 5.41) is 0.346. The van der Waals surface area contributed by atoms with E-state index in [2.05, 4.69) is 18.8 Å². The van der Waals surface area contributed by atoms with Crippen molar-refractivity contribution in [1.29, 1.82) is 0 Å². The number of aromatic nitrogens is 3. The second kappa shape index (κ2) is 9.01. The minimum absolute atomic E-state index is 0.0733. The Balaban J connectivity index is 1.57. The Kier molecular flexibility index (Phi) is 6.34. The minimum atomic E-state index is -3.93. The first-order valence-corrected chi connectivity index (χ1v) is 15.0. The van der Waals surface area contributed by atoms with Gasteiger partial charge in [0.15, 0.2) is 5.16 Å². The van der Waals surface area contributed by atoms with E-state index in [0.717, 1.165) is 29.0 Å². The molecule has 2 aliphatic rings. The van der Waals surface area contributed by atoms with E-state index >= 15 is 0 Å². The molecule has 8 nitrogen and oxygen atoms in total. The normalized spacial score (nSPS) is 22.6. The van der Waals surface area contributed by atoms with Crippen LogP contribution in [0.25, 0.3) is 11.0 Å². The first-order valence-electron chi connectivity index (χ1n) is 12.4. The van der Waals surface area contributed by atoms with Gasteiger partial charge in [0, 0.05) is 35.6 Å². The number of ether oxygens (including phenoxy) is 2. The van der Waals surface area contributed by atoms with Crippen molar-refractivity contribution in [3.8, 4) is 11.5 Å². The highest BCUT2D eigenvalue weighted by molar-refractivity contribution is 7.99. The molecule has 10 heteroatoms. The number of pyridine rings is 1. The van der Waals surface area contributed by atoms with E-state index in [1.165, 1.54) is 15.7 Å². The molecule has 2 aliphatic carbocycles. The van der Waals surface area contributed by atoms with Gasteiger partial charge in [-0.2, -0.15) is 0 Å². The van der Waals surface area contributed by atoms with Crippen LogP contribution in [0.15, 0.2) is 29.6 Å². The van der Waals surface area contributed by atoms with Crippen LogP contribution in [0.1, 0.15) is 49.9 Å². The van der Waals surface area contributed by atoms with E-state index in [1.54, 1.807) is 38.6 Å². The van der Waals surface area contributed by atoms with E-state index in [0.29, 0.717) is 40.5 Å². The molecule has 2 fully saturated rings. The summed E-state index contributed by atoms with van der Waals surface area (Å²) in [4.78, 5) is 22.4. The van der Waals surface area contributed by atoms with Crippen molar-refractivity contribution >= 4 is 38.6 Å². The molecule has 3 aromatic rings. The molecule has 0 amide bonds. The number of hydrogen-bond donors (Lipinski definition) is 0. The number of Topliss-reactive ketones (excluding diaryl/α,β-unsaturated/α-hetero) is 1. The summed E-state index contributed by atoms with van der Waals surface area (Å²) < 4.78 is 40.6. The zero-order valence-corrected chi connectivity index (χ0v) is 23.8. The van der Waals surface area contributed by atoms with Crippen LogP contribution in [0.4, 0.5) is 0 Å². The van der Waals surface area contributed by atoms with E-state index in [-0.39, 0.29) is 22.9 Å². The number of methoxy groups -OCH3 is 2. The third-order valence-corrected chi connectivity index (χ3v) is 11.6. The van der Waals surface area contributed by atoms with Gasteiger partial charge in [-0.25, -0.2) is 17.4 Å². The van der Waals surface area contributed by atoms with Gasteiger partial charge in [-0.05, 0) is 50.2 Å². The maximum atomic E-state index is 14.2. The fraction of sp³-hybridized carbons (Fsp3) is 0.519. The molecule has 0 saturated heterocycles. The van der Waals surface area contributed by atoms with Crippen LogP contribution in [0, 0.1) is 30.6 Å². The first kappa shape index (κ1) is 26.0. The number of fused-ring (bicyclic) bond motifs is 3. The molecule has 0 radical (unpaired) electrons. The van der Waals surface area contributed by atoms with Crippen molar-refractivity contribution in [2.75, 3.05) is 20.0 Å². The topological polar surface area (TPSA) is 100 Å². The molecule has 0 N–H and O–H groups in total. The Bertz CT molecular complexity index is 1510. The second-order valence-electron chi connectivity index (χ2n) is 10.8. The fourth-order valence-electron chi connectivity index (χ4n) is 6.34. The molecule has 1 aromatic carbocycles. The molecule has 37 heavy (non-hydrogen) atoms. The lowest BCUT2D eigenvalue weighted by atomic mass is 9.70. The standard InChI is InChI=1S/C27H33N3O5S2/c1-16-13-28-21(17(2)24(16)35-6)14-36-25-29-20-12-19(34-5)7-8-22(20)30(25)37(32,33)15-27-10-9-18(11-23(27)31)26(27,3)4/h7-8,12-13,18H,9-11,14-15H2,1-6H3/t18-,27-/m0/s1. The highest BCUT2D eigenvalue weighted by atomic mass is 32.2. The van der Waals surface area contributed by atoms with Gasteiger partial charge in [-0.3, -0.25) is 9.78 Å². The number of rotatable bonds is 8. The third-order valence-electron chi connectivity index (χ3n) is 8.73. The number of imidazole rings is 1. The van der Waals surface area contributed by atoms with Crippen LogP contribution < -0.4 is 9.47 Å². The summed E-state index contributed by atoms with van der Waals surface area (Å²) >= 11 is 1.31. The van der Waals surface area contributed by atoms with Gasteiger partial charge < -0.3 is 9.47 Å². The summed E-state index contributed by atoms with van der Waals surface area (Å²) in [5.41, 5.74) is 2.42. The minimum Gasteiger partial charge on any atom is -0.497 e. The highest BCUT2D eigenvalue weighted by Gasteiger charge is 2.65. The molecule has 5 rings (SSSR count). The number of thioether (sulfide) groups is 1. The largest absolute Gasteiger partial charge is 0.497 e. The van der Waals surface area contributed by atoms with E-state index in [4.69, 9.17) is 14.5 Å². The average molecular weight is 544 g/mol. The monoisotopic (exact) mass is 543 g/mol. The molecule has 2 saturated carbocycles. The first-order chi connectivity index (χ1) is 17.4. The lowest BCUT2D eigenvalue weighted by Crippen LogP contribution is -2.43. The summed E-state index contributed by atoms with van der Waals surface area (Å²) in [7, 11) is -0.740. The van der Waals surface area contributed by atoms with Crippen molar-refractivity contribution in [2.45, 2.75) is 57.9 Å². The van der Waals surface area contributed by atoms with Crippen LogP contribution in [0.5, 0.6) is 11.5 Å². The van der Waals surface area contributed by atoms with Gasteiger partial charge in [-0.15, -0.1) is 0 Å². The maximum Gasteiger partial charge on any atom is 0.242 e. The lowest BCUT2D eigenvalue weighted by molar-refractivity contribution is -0.128. The number of carbonyl (C=O) groups is 1. The molecular formula is C27H33N3O5S2. The SMILES string of the molecule is COc1ccc2c(c1)nc(SCc1ncc(C)c(OC)c1C)n2S(=O)(=O)C[C@@]12CC[C@@H](CC1=O)C2(C)C. The fourth-order valence-corrected chi connectivity index (χ4v) is 9.93. The van der Waals surface area contributed by atoms with E-state index < -0.39 is 15.4 Å². The maximum absolute atomic E-state index is 14.2. The molecule has 198 valence electrons. The predicted octanol–water partition coefficient (Wildman–Crippen LogP) is 4.93. The number of benzene rings is 1. The molecule has 2 heterocycles. The number of hydrogen-bond acceptors (Lipinski definition) is 8. The van der Waals surface area contributed by atoms with Crippen LogP contribution >= 0.6 is 11.8 Å². The van der Waals surface area contributed by atoms with Crippen molar-refractivity contribution in [2.24, 2.45) is 16.7 Å². The van der Waals surface area contributed by atoms with Gasteiger partial charge >= 0.3 is 0 Å². The zero-order chi connectivity index (χ0) is 26.8. The van der Waals surface area contributed by atoms with Crippen molar-refractivity contribution in [1.82, 2.24) is 13.9 Å². The summed E-state index contributed by atoms with van der Waals surface area (Å²) in [6, 6.07) is 5.19. The lowest BCUT2D eigenvalue weighted by Gasteiger charge is -2.36. The quantitative estimate of drug-likeness (QED) is 0.369. The molecule has 2 bridgehead atoms. The highest BCUT2D eigenvalue weighted by Crippen LogP contribution is 2.64. The molecule has 0 spiro atoms. The molecule has 2 aromatic heterocycles. The van der Waals surface area contributed by atoms with Crippen molar-refractivity contribution in [3.05, 3.63) is 41.2 Å². The van der Waals surface area contributed by atoms with E-state index in [9.17, 15) is 13.2 Å².